The van der Waals surface area contributed by atoms with E-state index in [9.17, 15) is 9.59 Å². The van der Waals surface area contributed by atoms with E-state index in [2.05, 4.69) is 31.2 Å². The Kier molecular flexibility index (Phi) is 6.11. The summed E-state index contributed by atoms with van der Waals surface area (Å²) < 4.78 is 0. The predicted molar refractivity (Wildman–Crippen MR) is 99.2 cm³/mol. The summed E-state index contributed by atoms with van der Waals surface area (Å²) in [5.74, 6) is 1.03. The van der Waals surface area contributed by atoms with E-state index in [0.29, 0.717) is 24.7 Å². The summed E-state index contributed by atoms with van der Waals surface area (Å²) in [7, 11) is 0. The minimum atomic E-state index is 0.255. The molecule has 2 amide bonds. The van der Waals surface area contributed by atoms with Gasteiger partial charge in [0.25, 0.3) is 0 Å². The molecular formula is C21H30N2O2. The summed E-state index contributed by atoms with van der Waals surface area (Å²) in [4.78, 5) is 28.7. The molecule has 0 spiro atoms. The first-order valence-electron chi connectivity index (χ1n) is 9.73. The molecule has 0 bridgehead atoms. The topological polar surface area (TPSA) is 40.6 Å². The van der Waals surface area contributed by atoms with E-state index in [-0.39, 0.29) is 5.91 Å². The van der Waals surface area contributed by atoms with Gasteiger partial charge in [0.2, 0.25) is 11.8 Å². The summed E-state index contributed by atoms with van der Waals surface area (Å²) in [6.45, 7) is 5.58. The normalized spacial score (nSPS) is 18.6. The number of benzene rings is 1. The van der Waals surface area contributed by atoms with Gasteiger partial charge in [-0.3, -0.25) is 9.59 Å². The Morgan fingerprint density at radius 2 is 1.68 bits per heavy atom. The van der Waals surface area contributed by atoms with E-state index in [1.54, 1.807) is 0 Å². The SMILES string of the molecule is Cc1cccc(CCC(=O)N2CCC(CC(=O)N3CCCC3)CC2)c1. The molecule has 0 saturated carbocycles. The molecule has 0 radical (unpaired) electrons. The van der Waals surface area contributed by atoms with Crippen LogP contribution in [0, 0.1) is 12.8 Å². The molecule has 2 aliphatic heterocycles. The van der Waals surface area contributed by atoms with Gasteiger partial charge in [0.1, 0.15) is 0 Å². The standard InChI is InChI=1S/C21H30N2O2/c1-17-5-4-6-18(15-17)7-8-20(24)23-13-9-19(10-14-23)16-21(25)22-11-2-3-12-22/h4-6,15,19H,2-3,7-14,16H2,1H3. The lowest BCUT2D eigenvalue weighted by molar-refractivity contribution is -0.133. The van der Waals surface area contributed by atoms with Gasteiger partial charge in [-0.2, -0.15) is 0 Å². The lowest BCUT2D eigenvalue weighted by Crippen LogP contribution is -2.40. The fraction of sp³-hybridized carbons (Fsp3) is 0.619. The average molecular weight is 342 g/mol. The molecule has 0 aliphatic carbocycles. The zero-order chi connectivity index (χ0) is 17.6. The van der Waals surface area contributed by atoms with Crippen LogP contribution in [0.1, 0.15) is 49.7 Å². The van der Waals surface area contributed by atoms with Gasteiger partial charge in [-0.15, -0.1) is 0 Å². The fourth-order valence-corrected chi connectivity index (χ4v) is 4.01. The lowest BCUT2D eigenvalue weighted by atomic mass is 9.92. The van der Waals surface area contributed by atoms with Crippen LogP contribution < -0.4 is 0 Å². The average Bonchev–Trinajstić information content (AvgIpc) is 3.15. The molecule has 0 N–H and O–H groups in total. The summed E-state index contributed by atoms with van der Waals surface area (Å²) in [5.41, 5.74) is 2.48. The molecule has 0 unspecified atom stereocenters. The van der Waals surface area contributed by atoms with Gasteiger partial charge in [-0.25, -0.2) is 0 Å². The van der Waals surface area contributed by atoms with Crippen LogP contribution in [-0.4, -0.2) is 47.8 Å². The van der Waals surface area contributed by atoms with Crippen molar-refractivity contribution in [3.63, 3.8) is 0 Å². The highest BCUT2D eigenvalue weighted by atomic mass is 16.2. The Balaban J connectivity index is 1.39. The first-order valence-corrected chi connectivity index (χ1v) is 9.73. The largest absolute Gasteiger partial charge is 0.343 e. The van der Waals surface area contributed by atoms with Crippen LogP contribution in [0.15, 0.2) is 24.3 Å². The number of nitrogens with zero attached hydrogens (tertiary/aromatic N) is 2. The van der Waals surface area contributed by atoms with E-state index in [0.717, 1.165) is 58.3 Å². The molecule has 4 heteroatoms. The highest BCUT2D eigenvalue weighted by molar-refractivity contribution is 5.77. The summed E-state index contributed by atoms with van der Waals surface area (Å²) in [6.07, 6.45) is 6.31. The second-order valence-electron chi connectivity index (χ2n) is 7.61. The third kappa shape index (κ3) is 5.07. The Morgan fingerprint density at radius 3 is 2.36 bits per heavy atom. The predicted octanol–water partition coefficient (Wildman–Crippen LogP) is 3.18. The number of hydrogen-bond donors (Lipinski definition) is 0. The number of aryl methyl sites for hydroxylation is 2. The van der Waals surface area contributed by atoms with E-state index >= 15 is 0 Å². The van der Waals surface area contributed by atoms with Gasteiger partial charge in [0.05, 0.1) is 0 Å². The van der Waals surface area contributed by atoms with Crippen LogP contribution in [0.2, 0.25) is 0 Å². The maximum atomic E-state index is 12.4. The van der Waals surface area contributed by atoms with Gasteiger partial charge < -0.3 is 9.80 Å². The second kappa shape index (κ2) is 8.50. The van der Waals surface area contributed by atoms with Crippen molar-refractivity contribution in [2.75, 3.05) is 26.2 Å². The first-order chi connectivity index (χ1) is 12.1. The van der Waals surface area contributed by atoms with Crippen LogP contribution in [0.4, 0.5) is 0 Å². The van der Waals surface area contributed by atoms with Crippen LogP contribution in [0.3, 0.4) is 0 Å². The molecule has 3 rings (SSSR count). The van der Waals surface area contributed by atoms with Gasteiger partial charge >= 0.3 is 0 Å². The van der Waals surface area contributed by atoms with E-state index in [4.69, 9.17) is 0 Å². The molecule has 1 aromatic rings. The van der Waals surface area contributed by atoms with Gasteiger partial charge in [-0.1, -0.05) is 29.8 Å². The molecule has 2 heterocycles. The molecule has 2 aliphatic rings. The third-order valence-electron chi connectivity index (χ3n) is 5.60. The summed E-state index contributed by atoms with van der Waals surface area (Å²) in [5, 5.41) is 0. The molecule has 0 aromatic heterocycles. The van der Waals surface area contributed by atoms with Crippen LogP contribution in [-0.2, 0) is 16.0 Å². The van der Waals surface area contributed by atoms with Crippen molar-refractivity contribution in [3.8, 4) is 0 Å². The zero-order valence-corrected chi connectivity index (χ0v) is 15.4. The number of likely N-dealkylation sites (tertiary alicyclic amines) is 2. The zero-order valence-electron chi connectivity index (χ0n) is 15.4. The van der Waals surface area contributed by atoms with E-state index in [1.165, 1.54) is 11.1 Å². The molecule has 2 fully saturated rings. The maximum Gasteiger partial charge on any atom is 0.222 e. The van der Waals surface area contributed by atoms with Gasteiger partial charge in [0, 0.05) is 39.0 Å². The van der Waals surface area contributed by atoms with Gasteiger partial charge in [0.15, 0.2) is 0 Å². The van der Waals surface area contributed by atoms with E-state index in [1.807, 2.05) is 9.80 Å². The van der Waals surface area contributed by atoms with Crippen molar-refractivity contribution in [2.45, 2.75) is 51.9 Å². The molecule has 4 nitrogen and oxygen atoms in total. The first kappa shape index (κ1) is 18.0. The number of carbonyl (C=O) groups excluding carboxylic acids is 2. The van der Waals surface area contributed by atoms with Crippen LogP contribution in [0.25, 0.3) is 0 Å². The fourth-order valence-electron chi connectivity index (χ4n) is 4.01. The van der Waals surface area contributed by atoms with E-state index < -0.39 is 0 Å². The van der Waals surface area contributed by atoms with Crippen LogP contribution in [0.5, 0.6) is 0 Å². The van der Waals surface area contributed by atoms with Crippen molar-refractivity contribution in [2.24, 2.45) is 5.92 Å². The summed E-state index contributed by atoms with van der Waals surface area (Å²) >= 11 is 0. The van der Waals surface area contributed by atoms with Crippen LogP contribution >= 0.6 is 0 Å². The number of hydrogen-bond acceptors (Lipinski definition) is 2. The minimum Gasteiger partial charge on any atom is -0.343 e. The van der Waals surface area contributed by atoms with Crippen molar-refractivity contribution >= 4 is 11.8 Å². The number of piperidine rings is 1. The molecule has 0 atom stereocenters. The van der Waals surface area contributed by atoms with Crippen molar-refractivity contribution in [3.05, 3.63) is 35.4 Å². The summed E-state index contributed by atoms with van der Waals surface area (Å²) in [6, 6.07) is 8.39. The highest BCUT2D eigenvalue weighted by Crippen LogP contribution is 2.23. The maximum absolute atomic E-state index is 12.4. The third-order valence-corrected chi connectivity index (χ3v) is 5.60. The lowest BCUT2D eigenvalue weighted by Gasteiger charge is -2.32. The quantitative estimate of drug-likeness (QED) is 0.824. The molecule has 2 saturated heterocycles. The molecule has 25 heavy (non-hydrogen) atoms. The molecular weight excluding hydrogens is 312 g/mol. The second-order valence-corrected chi connectivity index (χ2v) is 7.61. The number of rotatable bonds is 5. The Hall–Kier alpha value is -1.84. The van der Waals surface area contributed by atoms with Gasteiger partial charge in [-0.05, 0) is 50.5 Å². The Labute approximate surface area is 151 Å². The molecule has 136 valence electrons. The smallest absolute Gasteiger partial charge is 0.222 e. The van der Waals surface area contributed by atoms with Crippen molar-refractivity contribution in [1.29, 1.82) is 0 Å². The highest BCUT2D eigenvalue weighted by Gasteiger charge is 2.26. The number of amides is 2. The Morgan fingerprint density at radius 1 is 1.00 bits per heavy atom. The monoisotopic (exact) mass is 342 g/mol. The molecule has 1 aromatic carbocycles. The number of carbonyl (C=O) groups is 2. The van der Waals surface area contributed by atoms with Crippen molar-refractivity contribution < 1.29 is 9.59 Å². The Bertz CT molecular complexity index is 600. The minimum absolute atomic E-state index is 0.255. The van der Waals surface area contributed by atoms with Crippen molar-refractivity contribution in [1.82, 2.24) is 9.80 Å².